The summed E-state index contributed by atoms with van der Waals surface area (Å²) in [5, 5.41) is 2.84. The summed E-state index contributed by atoms with van der Waals surface area (Å²) in [5.74, 6) is -0.554. The molecule has 1 aromatic rings. The molecular formula is C17H25N3O3. The van der Waals surface area contributed by atoms with Gasteiger partial charge in [-0.3, -0.25) is 14.5 Å². The molecule has 1 fully saturated rings. The third-order valence-electron chi connectivity index (χ3n) is 4.00. The van der Waals surface area contributed by atoms with Crippen LogP contribution in [-0.2, 0) is 9.53 Å². The Bertz CT molecular complexity index is 524. The number of anilines is 1. The quantitative estimate of drug-likeness (QED) is 0.800. The average Bonchev–Trinajstić information content (AvgIpc) is 2.55. The molecule has 6 nitrogen and oxygen atoms in total. The molecule has 6 heteroatoms. The molecule has 0 bridgehead atoms. The van der Waals surface area contributed by atoms with E-state index in [0.29, 0.717) is 17.8 Å². The largest absolute Gasteiger partial charge is 0.377 e. The first-order valence-corrected chi connectivity index (χ1v) is 8.12. The zero-order chi connectivity index (χ0) is 16.7. The van der Waals surface area contributed by atoms with Crippen molar-refractivity contribution in [2.24, 2.45) is 5.73 Å². The predicted octanol–water partition coefficient (Wildman–Crippen LogP) is 1.61. The number of nitrogens with zero attached hydrogens (tertiary/aromatic N) is 1. The van der Waals surface area contributed by atoms with Crippen molar-refractivity contribution in [2.45, 2.75) is 32.3 Å². The fourth-order valence-electron chi connectivity index (χ4n) is 2.67. The van der Waals surface area contributed by atoms with E-state index in [4.69, 9.17) is 10.5 Å². The minimum atomic E-state index is -0.479. The summed E-state index contributed by atoms with van der Waals surface area (Å²) >= 11 is 0. The van der Waals surface area contributed by atoms with Crippen molar-refractivity contribution in [1.82, 2.24) is 4.90 Å². The van der Waals surface area contributed by atoms with Crippen molar-refractivity contribution in [2.75, 3.05) is 31.6 Å². The van der Waals surface area contributed by atoms with E-state index in [1.807, 2.05) is 6.92 Å². The Balaban J connectivity index is 1.82. The van der Waals surface area contributed by atoms with E-state index in [2.05, 4.69) is 10.2 Å². The average molecular weight is 319 g/mol. The molecular weight excluding hydrogens is 294 g/mol. The van der Waals surface area contributed by atoms with Gasteiger partial charge in [0.05, 0.1) is 12.6 Å². The number of carbonyl (C=O) groups excluding carboxylic acids is 2. The number of amides is 2. The Morgan fingerprint density at radius 3 is 2.61 bits per heavy atom. The highest BCUT2D eigenvalue weighted by Crippen LogP contribution is 2.14. The molecule has 0 saturated carbocycles. The topological polar surface area (TPSA) is 84.7 Å². The molecule has 1 atom stereocenters. The van der Waals surface area contributed by atoms with Gasteiger partial charge in [-0.15, -0.1) is 0 Å². The number of carbonyl (C=O) groups is 2. The van der Waals surface area contributed by atoms with Crippen LogP contribution in [0.15, 0.2) is 24.3 Å². The van der Waals surface area contributed by atoms with Gasteiger partial charge in [0.25, 0.3) is 0 Å². The Hall–Kier alpha value is -1.92. The van der Waals surface area contributed by atoms with Crippen LogP contribution in [0.3, 0.4) is 0 Å². The number of ether oxygens (including phenoxy) is 1. The van der Waals surface area contributed by atoms with E-state index >= 15 is 0 Å². The molecule has 0 aromatic heterocycles. The van der Waals surface area contributed by atoms with Gasteiger partial charge in [0.1, 0.15) is 0 Å². The minimum absolute atomic E-state index is 0.0746. The molecule has 126 valence electrons. The molecule has 1 aliphatic rings. The molecule has 1 aliphatic heterocycles. The van der Waals surface area contributed by atoms with Gasteiger partial charge < -0.3 is 15.8 Å². The van der Waals surface area contributed by atoms with Crippen LogP contribution in [-0.4, -0.2) is 49.1 Å². The molecule has 1 saturated heterocycles. The summed E-state index contributed by atoms with van der Waals surface area (Å²) in [4.78, 5) is 25.3. The van der Waals surface area contributed by atoms with Gasteiger partial charge in [-0.25, -0.2) is 0 Å². The fourth-order valence-corrected chi connectivity index (χ4v) is 2.67. The second-order valence-corrected chi connectivity index (χ2v) is 5.81. The number of benzene rings is 1. The summed E-state index contributed by atoms with van der Waals surface area (Å²) in [5.41, 5.74) is 6.27. The summed E-state index contributed by atoms with van der Waals surface area (Å²) in [6.45, 7) is 4.77. The first-order chi connectivity index (χ1) is 11.1. The van der Waals surface area contributed by atoms with Gasteiger partial charge in [0, 0.05) is 24.4 Å². The highest BCUT2D eigenvalue weighted by atomic mass is 16.5. The predicted molar refractivity (Wildman–Crippen MR) is 89.3 cm³/mol. The van der Waals surface area contributed by atoms with E-state index < -0.39 is 5.91 Å². The highest BCUT2D eigenvalue weighted by Gasteiger charge is 2.18. The van der Waals surface area contributed by atoms with Crippen molar-refractivity contribution >= 4 is 17.5 Å². The lowest BCUT2D eigenvalue weighted by molar-refractivity contribution is -0.117. The number of primary amides is 1. The number of hydrogen-bond donors (Lipinski definition) is 2. The normalized spacial score (nSPS) is 17.9. The van der Waals surface area contributed by atoms with E-state index in [0.717, 1.165) is 32.5 Å². The Morgan fingerprint density at radius 1 is 1.30 bits per heavy atom. The van der Waals surface area contributed by atoms with Crippen LogP contribution in [0.25, 0.3) is 0 Å². The maximum Gasteiger partial charge on any atom is 0.248 e. The van der Waals surface area contributed by atoms with Crippen LogP contribution in [0.2, 0.25) is 0 Å². The summed E-state index contributed by atoms with van der Waals surface area (Å²) in [6.07, 6.45) is 3.61. The molecule has 0 spiro atoms. The van der Waals surface area contributed by atoms with Gasteiger partial charge in [0.2, 0.25) is 11.8 Å². The van der Waals surface area contributed by atoms with Gasteiger partial charge in [-0.2, -0.15) is 0 Å². The standard InChI is InChI=1S/C17H25N3O3/c1-2-20(11-15-5-3-4-10-23-15)12-16(21)19-14-8-6-13(7-9-14)17(18)22/h6-9,15H,2-5,10-12H2,1H3,(H2,18,22)(H,19,21)/t15-/m0/s1. The zero-order valence-corrected chi connectivity index (χ0v) is 13.6. The van der Waals surface area contributed by atoms with E-state index in [1.165, 1.54) is 6.42 Å². The molecule has 2 rings (SSSR count). The molecule has 23 heavy (non-hydrogen) atoms. The fraction of sp³-hybridized carbons (Fsp3) is 0.529. The molecule has 0 aliphatic carbocycles. The number of hydrogen-bond acceptors (Lipinski definition) is 4. The lowest BCUT2D eigenvalue weighted by Crippen LogP contribution is -2.40. The molecule has 1 heterocycles. The number of nitrogens with one attached hydrogen (secondary N) is 1. The first kappa shape index (κ1) is 17.4. The molecule has 1 aromatic carbocycles. The molecule has 0 radical (unpaired) electrons. The monoisotopic (exact) mass is 319 g/mol. The van der Waals surface area contributed by atoms with Crippen LogP contribution in [0.5, 0.6) is 0 Å². The smallest absolute Gasteiger partial charge is 0.248 e. The second-order valence-electron chi connectivity index (χ2n) is 5.81. The zero-order valence-electron chi connectivity index (χ0n) is 13.6. The van der Waals surface area contributed by atoms with Crippen LogP contribution in [0.4, 0.5) is 5.69 Å². The molecule has 3 N–H and O–H groups in total. The lowest BCUT2D eigenvalue weighted by atomic mass is 10.1. The minimum Gasteiger partial charge on any atom is -0.377 e. The van der Waals surface area contributed by atoms with Gasteiger partial charge >= 0.3 is 0 Å². The van der Waals surface area contributed by atoms with Crippen molar-refractivity contribution < 1.29 is 14.3 Å². The Kier molecular flexibility index (Phi) is 6.55. The van der Waals surface area contributed by atoms with E-state index in [9.17, 15) is 9.59 Å². The second kappa shape index (κ2) is 8.64. The van der Waals surface area contributed by atoms with Gasteiger partial charge in [0.15, 0.2) is 0 Å². The lowest BCUT2D eigenvalue weighted by Gasteiger charge is -2.28. The highest BCUT2D eigenvalue weighted by molar-refractivity contribution is 5.95. The van der Waals surface area contributed by atoms with Crippen LogP contribution in [0, 0.1) is 0 Å². The molecule has 2 amide bonds. The SMILES string of the molecule is CCN(CC(=O)Nc1ccc(C(N)=O)cc1)C[C@@H]1CCCCO1. The van der Waals surface area contributed by atoms with Crippen LogP contribution in [0.1, 0.15) is 36.5 Å². The maximum atomic E-state index is 12.2. The summed E-state index contributed by atoms with van der Waals surface area (Å²) in [6, 6.07) is 6.56. The first-order valence-electron chi connectivity index (χ1n) is 8.12. The van der Waals surface area contributed by atoms with Gasteiger partial charge in [-0.05, 0) is 50.1 Å². The van der Waals surface area contributed by atoms with Crippen molar-refractivity contribution in [3.8, 4) is 0 Å². The maximum absolute atomic E-state index is 12.2. The number of likely N-dealkylation sites (N-methyl/N-ethyl adjacent to an activating group) is 1. The Morgan fingerprint density at radius 2 is 2.04 bits per heavy atom. The number of nitrogens with two attached hydrogens (primary N) is 1. The van der Waals surface area contributed by atoms with Crippen LogP contribution < -0.4 is 11.1 Å². The third kappa shape index (κ3) is 5.65. The van der Waals surface area contributed by atoms with E-state index in [-0.39, 0.29) is 12.0 Å². The third-order valence-corrected chi connectivity index (χ3v) is 4.00. The summed E-state index contributed by atoms with van der Waals surface area (Å²) < 4.78 is 5.73. The van der Waals surface area contributed by atoms with Crippen molar-refractivity contribution in [3.63, 3.8) is 0 Å². The summed E-state index contributed by atoms with van der Waals surface area (Å²) in [7, 11) is 0. The number of rotatable bonds is 7. The van der Waals surface area contributed by atoms with E-state index in [1.54, 1.807) is 24.3 Å². The Labute approximate surface area is 137 Å². The van der Waals surface area contributed by atoms with Crippen LogP contribution >= 0.6 is 0 Å². The van der Waals surface area contributed by atoms with Crippen molar-refractivity contribution in [3.05, 3.63) is 29.8 Å². The molecule has 0 unspecified atom stereocenters. The van der Waals surface area contributed by atoms with Crippen molar-refractivity contribution in [1.29, 1.82) is 0 Å². The van der Waals surface area contributed by atoms with Gasteiger partial charge in [-0.1, -0.05) is 6.92 Å².